The zero-order chi connectivity index (χ0) is 22.9. The van der Waals surface area contributed by atoms with Crippen LogP contribution in [0, 0.1) is 10.6 Å². The van der Waals surface area contributed by atoms with Gasteiger partial charge in [-0.1, -0.05) is 11.6 Å². The van der Waals surface area contributed by atoms with Crippen molar-refractivity contribution < 1.29 is 18.7 Å². The second kappa shape index (κ2) is 8.92. The molecule has 1 amide bonds. The molecule has 0 bridgehead atoms. The monoisotopic (exact) mass is 458 g/mol. The van der Waals surface area contributed by atoms with Gasteiger partial charge in [-0.25, -0.2) is 23.3 Å². The smallest absolute Gasteiger partial charge is 0.338 e. The van der Waals surface area contributed by atoms with E-state index in [1.807, 2.05) is 0 Å². The van der Waals surface area contributed by atoms with Gasteiger partial charge in [-0.05, 0) is 45.1 Å². The number of carbonyl (C=O) groups is 2. The van der Waals surface area contributed by atoms with E-state index in [4.69, 9.17) is 28.6 Å². The first kappa shape index (κ1) is 23.5. The van der Waals surface area contributed by atoms with Crippen LogP contribution in [-0.4, -0.2) is 37.7 Å². The van der Waals surface area contributed by atoms with Gasteiger partial charge in [-0.15, -0.1) is 0 Å². The molecule has 1 aromatic heterocycles. The Hall–Kier alpha value is -2.79. The van der Waals surface area contributed by atoms with Crippen LogP contribution in [0.5, 0.6) is 0 Å². The Balaban J connectivity index is 2.57. The number of halogens is 2. The Bertz CT molecular complexity index is 1160. The molecule has 0 fully saturated rings. The molecule has 0 spiro atoms. The Kier molecular flexibility index (Phi) is 6.99. The van der Waals surface area contributed by atoms with Crippen molar-refractivity contribution in [3.8, 4) is 5.69 Å². The molecule has 12 heteroatoms. The number of hydrogen-bond donors (Lipinski definition) is 1. The molecule has 0 aliphatic rings. The number of carbonyl (C=O) groups excluding carboxylic acids is 2. The summed E-state index contributed by atoms with van der Waals surface area (Å²) in [7, 11) is 2.65. The maximum absolute atomic E-state index is 14.6. The lowest BCUT2D eigenvalue weighted by atomic mass is 10.1. The van der Waals surface area contributed by atoms with Crippen molar-refractivity contribution in [2.45, 2.75) is 32.9 Å². The molecule has 30 heavy (non-hydrogen) atoms. The quantitative estimate of drug-likeness (QED) is 0.537. The summed E-state index contributed by atoms with van der Waals surface area (Å²) in [4.78, 5) is 49.6. The van der Waals surface area contributed by atoms with Gasteiger partial charge in [0.2, 0.25) is 0 Å². The van der Waals surface area contributed by atoms with Crippen molar-refractivity contribution in [1.29, 1.82) is 0 Å². The van der Waals surface area contributed by atoms with Gasteiger partial charge in [-0.3, -0.25) is 13.9 Å². The first-order valence-corrected chi connectivity index (χ1v) is 9.55. The van der Waals surface area contributed by atoms with Gasteiger partial charge >= 0.3 is 17.3 Å². The fourth-order valence-corrected chi connectivity index (χ4v) is 2.92. The van der Waals surface area contributed by atoms with Crippen molar-refractivity contribution in [2.24, 2.45) is 14.1 Å². The summed E-state index contributed by atoms with van der Waals surface area (Å²) >= 11 is 11.0. The lowest BCUT2D eigenvalue weighted by Gasteiger charge is -2.17. The lowest BCUT2D eigenvalue weighted by Crippen LogP contribution is -2.44. The molecule has 9 nitrogen and oxygen atoms in total. The topological polar surface area (TPSA) is 104 Å². The molecule has 162 valence electrons. The highest BCUT2D eigenvalue weighted by molar-refractivity contribution is 7.71. The molecule has 0 aliphatic heterocycles. The predicted octanol–water partition coefficient (Wildman–Crippen LogP) is 1.47. The molecule has 0 aliphatic carbocycles. The Labute approximate surface area is 180 Å². The van der Waals surface area contributed by atoms with Crippen LogP contribution in [0.25, 0.3) is 5.69 Å². The molecular weight excluding hydrogens is 439 g/mol. The van der Waals surface area contributed by atoms with E-state index in [0.29, 0.717) is 4.57 Å². The normalized spacial score (nSPS) is 12.0. The minimum atomic E-state index is -1.02. The largest absolute Gasteiger partial charge is 0.461 e. The van der Waals surface area contributed by atoms with Gasteiger partial charge < -0.3 is 10.1 Å². The van der Waals surface area contributed by atoms with Gasteiger partial charge in [0.1, 0.15) is 11.9 Å². The number of esters is 1. The van der Waals surface area contributed by atoms with Crippen LogP contribution in [0.3, 0.4) is 0 Å². The Morgan fingerprint density at radius 1 is 1.13 bits per heavy atom. The zero-order valence-corrected chi connectivity index (χ0v) is 18.4. The van der Waals surface area contributed by atoms with Gasteiger partial charge in [-0.2, -0.15) is 0 Å². The molecule has 2 rings (SSSR count). The molecule has 0 saturated heterocycles. The molecule has 1 atom stereocenters. The van der Waals surface area contributed by atoms with Crippen LogP contribution in [0.15, 0.2) is 21.7 Å². The number of ether oxygens (including phenoxy) is 1. The highest BCUT2D eigenvalue weighted by Gasteiger charge is 2.23. The number of nitrogens with one attached hydrogen (secondary N) is 1. The number of rotatable bonds is 5. The van der Waals surface area contributed by atoms with E-state index in [-0.39, 0.29) is 21.5 Å². The third kappa shape index (κ3) is 4.51. The van der Waals surface area contributed by atoms with Crippen LogP contribution in [-0.2, 0) is 23.6 Å². The highest BCUT2D eigenvalue weighted by atomic mass is 35.5. The molecule has 1 heterocycles. The van der Waals surface area contributed by atoms with Crippen molar-refractivity contribution in [3.63, 3.8) is 0 Å². The van der Waals surface area contributed by atoms with Crippen molar-refractivity contribution >= 4 is 35.7 Å². The average Bonchev–Trinajstić information content (AvgIpc) is 2.65. The van der Waals surface area contributed by atoms with Gasteiger partial charge in [0.05, 0.1) is 22.4 Å². The molecule has 1 N–H and O–H groups in total. The van der Waals surface area contributed by atoms with E-state index in [1.165, 1.54) is 21.0 Å². The van der Waals surface area contributed by atoms with Crippen molar-refractivity contribution in [3.05, 3.63) is 54.3 Å². The second-order valence-corrected chi connectivity index (χ2v) is 7.54. The van der Waals surface area contributed by atoms with Crippen LogP contribution in [0.2, 0.25) is 5.02 Å². The summed E-state index contributed by atoms with van der Waals surface area (Å²) in [5.74, 6) is -2.49. The Morgan fingerprint density at radius 3 is 2.17 bits per heavy atom. The third-order valence-electron chi connectivity index (χ3n) is 4.11. The average molecular weight is 459 g/mol. The van der Waals surface area contributed by atoms with Crippen molar-refractivity contribution in [2.75, 3.05) is 0 Å². The van der Waals surface area contributed by atoms with Crippen LogP contribution < -0.4 is 16.7 Å². The fraction of sp³-hybridized carbons (Fsp3) is 0.389. The minimum absolute atomic E-state index is 0.0638. The van der Waals surface area contributed by atoms with Crippen molar-refractivity contribution in [1.82, 2.24) is 19.0 Å². The van der Waals surface area contributed by atoms with E-state index in [2.05, 4.69) is 5.32 Å². The summed E-state index contributed by atoms with van der Waals surface area (Å²) in [6, 6.07) is 0.743. The summed E-state index contributed by atoms with van der Waals surface area (Å²) in [5.41, 5.74) is -2.52. The standard InChI is InChI=1S/C18H20ClFN4O5S/c1-8(2)29-15(26)9(3)21-14(25)10-6-13(12(20)7-11(10)19)24-16(27)22(4)18(30)23(5)17(24)28/h6-9H,1-5H3,(H,21,25). The number of hydrogen-bond acceptors (Lipinski definition) is 6. The molecule has 0 saturated carbocycles. The zero-order valence-electron chi connectivity index (χ0n) is 16.9. The van der Waals surface area contributed by atoms with Crippen LogP contribution in [0.4, 0.5) is 4.39 Å². The van der Waals surface area contributed by atoms with Gasteiger partial charge in [0, 0.05) is 14.1 Å². The van der Waals surface area contributed by atoms with Crippen LogP contribution in [0.1, 0.15) is 31.1 Å². The number of amides is 1. The fourth-order valence-electron chi connectivity index (χ4n) is 2.53. The summed E-state index contributed by atoms with van der Waals surface area (Å²) in [6.07, 6.45) is -0.381. The molecule has 1 unspecified atom stereocenters. The maximum Gasteiger partial charge on any atom is 0.338 e. The number of aromatic nitrogens is 3. The number of benzene rings is 1. The molecule has 1 aromatic carbocycles. The van der Waals surface area contributed by atoms with E-state index >= 15 is 0 Å². The molecular formula is C18H20ClFN4O5S. The Morgan fingerprint density at radius 2 is 1.67 bits per heavy atom. The third-order valence-corrected chi connectivity index (χ3v) is 4.97. The van der Waals surface area contributed by atoms with E-state index in [1.54, 1.807) is 13.8 Å². The SMILES string of the molecule is CC(C)OC(=O)C(C)NC(=O)c1cc(-n2c(=O)n(C)c(=S)n(C)c2=O)c(F)cc1Cl. The van der Waals surface area contributed by atoms with Crippen LogP contribution >= 0.6 is 23.8 Å². The first-order valence-electron chi connectivity index (χ1n) is 8.76. The first-order chi connectivity index (χ1) is 13.9. The summed E-state index contributed by atoms with van der Waals surface area (Å²) in [6.45, 7) is 4.72. The predicted molar refractivity (Wildman–Crippen MR) is 110 cm³/mol. The van der Waals surface area contributed by atoms with E-state index in [9.17, 15) is 23.6 Å². The second-order valence-electron chi connectivity index (χ2n) is 6.77. The highest BCUT2D eigenvalue weighted by Crippen LogP contribution is 2.22. The summed E-state index contributed by atoms with van der Waals surface area (Å²) < 4.78 is 22.0. The summed E-state index contributed by atoms with van der Waals surface area (Å²) in [5, 5.41) is 2.12. The van der Waals surface area contributed by atoms with E-state index < -0.39 is 40.8 Å². The van der Waals surface area contributed by atoms with E-state index in [0.717, 1.165) is 21.3 Å². The lowest BCUT2D eigenvalue weighted by molar-refractivity contribution is -0.149. The maximum atomic E-state index is 14.6. The minimum Gasteiger partial charge on any atom is -0.461 e. The molecule has 0 radical (unpaired) electrons. The molecule has 2 aromatic rings. The number of nitrogens with zero attached hydrogens (tertiary/aromatic N) is 3. The van der Waals surface area contributed by atoms with Gasteiger partial charge in [0.15, 0.2) is 4.77 Å². The van der Waals surface area contributed by atoms with Gasteiger partial charge in [0.25, 0.3) is 5.91 Å².